The normalized spacial score (nSPS) is 21.5. The van der Waals surface area contributed by atoms with E-state index in [0.29, 0.717) is 18.7 Å². The topological polar surface area (TPSA) is 32.8 Å². The first-order valence-electron chi connectivity index (χ1n) is 10.8. The average molecular weight is 430 g/mol. The molecule has 1 aliphatic carbocycles. The van der Waals surface area contributed by atoms with Crippen LogP contribution < -0.4 is 4.90 Å². The van der Waals surface area contributed by atoms with Gasteiger partial charge in [-0.25, -0.2) is 4.79 Å². The van der Waals surface area contributed by atoms with Gasteiger partial charge in [-0.1, -0.05) is 30.3 Å². The minimum atomic E-state index is -4.30. The van der Waals surface area contributed by atoms with Crippen LogP contribution in [-0.4, -0.2) is 36.2 Å². The van der Waals surface area contributed by atoms with E-state index in [1.165, 1.54) is 6.07 Å². The summed E-state index contributed by atoms with van der Waals surface area (Å²) in [5.74, 6) is 0.0445. The Balaban J connectivity index is 1.24. The van der Waals surface area contributed by atoms with Crippen LogP contribution >= 0.6 is 0 Å². The number of benzene rings is 2. The van der Waals surface area contributed by atoms with E-state index in [0.717, 1.165) is 50.0 Å². The molecule has 2 heterocycles. The number of halogens is 3. The fourth-order valence-corrected chi connectivity index (χ4v) is 4.77. The predicted octanol–water partition coefficient (Wildman–Crippen LogP) is 5.57. The Hall–Kier alpha value is -2.54. The number of nitrogens with zero attached hydrogens (tertiary/aromatic N) is 2. The summed E-state index contributed by atoms with van der Waals surface area (Å²) in [6.07, 6.45) is -1.50. The fourth-order valence-electron chi connectivity index (χ4n) is 4.77. The lowest BCUT2D eigenvalue weighted by Gasteiger charge is -2.37. The number of anilines is 1. The molecule has 7 heteroatoms. The van der Waals surface area contributed by atoms with Crippen molar-refractivity contribution in [3.05, 3.63) is 65.2 Å². The van der Waals surface area contributed by atoms with Gasteiger partial charge in [0.25, 0.3) is 0 Å². The van der Waals surface area contributed by atoms with E-state index in [1.807, 2.05) is 30.3 Å². The van der Waals surface area contributed by atoms with Crippen LogP contribution in [-0.2, 0) is 17.5 Å². The number of alkyl halides is 3. The van der Waals surface area contributed by atoms with Crippen LogP contribution in [0.2, 0.25) is 0 Å². The number of rotatable bonds is 4. The first kappa shape index (κ1) is 20.4. The van der Waals surface area contributed by atoms with Crippen molar-refractivity contribution in [3.63, 3.8) is 0 Å². The molecule has 0 N–H and O–H groups in total. The number of hydrogen-bond acceptors (Lipinski definition) is 3. The van der Waals surface area contributed by atoms with Crippen LogP contribution in [0.4, 0.5) is 23.7 Å². The molecule has 4 nitrogen and oxygen atoms in total. The number of amides is 1. The van der Waals surface area contributed by atoms with Crippen molar-refractivity contribution in [2.45, 2.75) is 49.9 Å². The molecule has 1 saturated carbocycles. The standard InChI is InChI=1S/C24H25F3N2O2/c25-24(26,27)21-9-6-17(14-20(21)18-7-8-18)15-28-12-10-23(11-13-28)16-29(22(30)31-23)19-4-2-1-3-5-19/h1-6,9,14,18H,7-8,10-13,15-16H2. The minimum absolute atomic E-state index is 0.0445. The van der Waals surface area contributed by atoms with Crippen molar-refractivity contribution < 1.29 is 22.7 Å². The molecule has 1 amide bonds. The van der Waals surface area contributed by atoms with Gasteiger partial charge in [-0.05, 0) is 48.1 Å². The summed E-state index contributed by atoms with van der Waals surface area (Å²) in [7, 11) is 0. The zero-order valence-corrected chi connectivity index (χ0v) is 17.2. The summed E-state index contributed by atoms with van der Waals surface area (Å²) in [6.45, 7) is 2.64. The molecule has 0 radical (unpaired) electrons. The number of carbonyl (C=O) groups excluding carboxylic acids is 1. The summed E-state index contributed by atoms with van der Waals surface area (Å²) < 4.78 is 45.8. The van der Waals surface area contributed by atoms with Crippen LogP contribution in [0.25, 0.3) is 0 Å². The Morgan fingerprint density at radius 1 is 1.03 bits per heavy atom. The lowest BCUT2D eigenvalue weighted by Crippen LogP contribution is -2.46. The highest BCUT2D eigenvalue weighted by Gasteiger charge is 2.47. The molecule has 0 unspecified atom stereocenters. The van der Waals surface area contributed by atoms with E-state index >= 15 is 0 Å². The maximum atomic E-state index is 13.3. The number of carbonyl (C=O) groups is 1. The molecule has 3 aliphatic rings. The Morgan fingerprint density at radius 2 is 1.74 bits per heavy atom. The van der Waals surface area contributed by atoms with Crippen LogP contribution in [0.15, 0.2) is 48.5 Å². The number of likely N-dealkylation sites (tertiary alicyclic amines) is 1. The quantitative estimate of drug-likeness (QED) is 0.635. The van der Waals surface area contributed by atoms with Crippen LogP contribution in [0.5, 0.6) is 0 Å². The second-order valence-electron chi connectivity index (χ2n) is 8.94. The molecule has 0 atom stereocenters. The van der Waals surface area contributed by atoms with Gasteiger partial charge in [0.2, 0.25) is 0 Å². The third kappa shape index (κ3) is 4.15. The first-order valence-corrected chi connectivity index (χ1v) is 10.8. The van der Waals surface area contributed by atoms with Gasteiger partial charge >= 0.3 is 12.3 Å². The summed E-state index contributed by atoms with van der Waals surface area (Å²) in [5, 5.41) is 0. The smallest absolute Gasteiger partial charge is 0.416 e. The molecule has 3 fully saturated rings. The molecule has 0 bridgehead atoms. The highest BCUT2D eigenvalue weighted by Crippen LogP contribution is 2.46. The van der Waals surface area contributed by atoms with Gasteiger partial charge < -0.3 is 4.74 Å². The van der Waals surface area contributed by atoms with E-state index in [1.54, 1.807) is 17.0 Å². The van der Waals surface area contributed by atoms with Crippen LogP contribution in [0.1, 0.15) is 48.3 Å². The highest BCUT2D eigenvalue weighted by molar-refractivity contribution is 5.90. The van der Waals surface area contributed by atoms with Crippen molar-refractivity contribution in [1.82, 2.24) is 4.90 Å². The van der Waals surface area contributed by atoms with Gasteiger partial charge in [-0.2, -0.15) is 13.2 Å². The molecule has 164 valence electrons. The molecule has 2 aromatic rings. The lowest BCUT2D eigenvalue weighted by atomic mass is 9.90. The van der Waals surface area contributed by atoms with Crippen molar-refractivity contribution in [1.29, 1.82) is 0 Å². The van der Waals surface area contributed by atoms with E-state index in [2.05, 4.69) is 4.90 Å². The van der Waals surface area contributed by atoms with Gasteiger partial charge in [0, 0.05) is 38.2 Å². The summed E-state index contributed by atoms with van der Waals surface area (Å²) in [6, 6.07) is 14.1. The molecule has 1 spiro atoms. The molecule has 2 saturated heterocycles. The first-order chi connectivity index (χ1) is 14.8. The summed E-state index contributed by atoms with van der Waals surface area (Å²) in [4.78, 5) is 16.4. The van der Waals surface area contributed by atoms with Crippen LogP contribution in [0.3, 0.4) is 0 Å². The zero-order chi connectivity index (χ0) is 21.6. The molecule has 5 rings (SSSR count). The second-order valence-corrected chi connectivity index (χ2v) is 8.94. The van der Waals surface area contributed by atoms with E-state index in [-0.39, 0.29) is 12.0 Å². The van der Waals surface area contributed by atoms with Crippen molar-refractivity contribution in [3.8, 4) is 0 Å². The van der Waals surface area contributed by atoms with Crippen molar-refractivity contribution >= 4 is 11.8 Å². The van der Waals surface area contributed by atoms with Gasteiger partial charge in [0.15, 0.2) is 0 Å². The predicted molar refractivity (Wildman–Crippen MR) is 111 cm³/mol. The Labute approximate surface area is 179 Å². The van der Waals surface area contributed by atoms with E-state index in [9.17, 15) is 18.0 Å². The van der Waals surface area contributed by atoms with Gasteiger partial charge in [-0.3, -0.25) is 9.80 Å². The van der Waals surface area contributed by atoms with E-state index in [4.69, 9.17) is 4.74 Å². The monoisotopic (exact) mass is 430 g/mol. The lowest BCUT2D eigenvalue weighted by molar-refractivity contribution is -0.138. The molecular weight excluding hydrogens is 405 g/mol. The van der Waals surface area contributed by atoms with Gasteiger partial charge in [0.1, 0.15) is 5.60 Å². The molecule has 2 aromatic carbocycles. The minimum Gasteiger partial charge on any atom is -0.441 e. The average Bonchev–Trinajstić information content (AvgIpc) is 3.54. The third-order valence-electron chi connectivity index (χ3n) is 6.65. The fraction of sp³-hybridized carbons (Fsp3) is 0.458. The Bertz CT molecular complexity index is 965. The number of hydrogen-bond donors (Lipinski definition) is 0. The second kappa shape index (κ2) is 7.55. The van der Waals surface area contributed by atoms with Gasteiger partial charge in [-0.15, -0.1) is 0 Å². The Kier molecular flexibility index (Phi) is 4.96. The zero-order valence-electron chi connectivity index (χ0n) is 17.2. The van der Waals surface area contributed by atoms with E-state index < -0.39 is 17.3 Å². The maximum Gasteiger partial charge on any atom is 0.416 e. The van der Waals surface area contributed by atoms with Gasteiger partial charge in [0.05, 0.1) is 12.1 Å². The van der Waals surface area contributed by atoms with Crippen molar-refractivity contribution in [2.24, 2.45) is 0 Å². The molecular formula is C24H25F3N2O2. The number of ether oxygens (including phenoxy) is 1. The summed E-state index contributed by atoms with van der Waals surface area (Å²) >= 11 is 0. The number of piperidine rings is 1. The maximum absolute atomic E-state index is 13.3. The SMILES string of the molecule is O=C1OC2(CCN(Cc3ccc(C(F)(F)F)c(C4CC4)c3)CC2)CN1c1ccccc1. The molecule has 2 aliphatic heterocycles. The van der Waals surface area contributed by atoms with Crippen LogP contribution in [0, 0.1) is 0 Å². The Morgan fingerprint density at radius 3 is 2.39 bits per heavy atom. The largest absolute Gasteiger partial charge is 0.441 e. The molecule has 0 aromatic heterocycles. The van der Waals surface area contributed by atoms with Crippen molar-refractivity contribution in [2.75, 3.05) is 24.5 Å². The highest BCUT2D eigenvalue weighted by atomic mass is 19.4. The molecule has 31 heavy (non-hydrogen) atoms. The number of para-hydroxylation sites is 1. The third-order valence-corrected chi connectivity index (χ3v) is 6.65. The summed E-state index contributed by atoms with van der Waals surface area (Å²) in [5.41, 5.74) is 1.23.